The molecule has 0 aliphatic heterocycles. The minimum Gasteiger partial charge on any atom is -0.495 e. The summed E-state index contributed by atoms with van der Waals surface area (Å²) in [7, 11) is 4.15. The first-order chi connectivity index (χ1) is 10.9. The first kappa shape index (κ1) is 19.0. The Morgan fingerprint density at radius 3 is 2.39 bits per heavy atom. The van der Waals surface area contributed by atoms with Gasteiger partial charge in [-0.1, -0.05) is 17.7 Å². The van der Waals surface area contributed by atoms with E-state index >= 15 is 0 Å². The second-order valence-electron chi connectivity index (χ2n) is 4.54. The molecule has 1 aromatic rings. The molecule has 1 rings (SSSR count). The molecule has 0 spiro atoms. The Hall–Kier alpha value is -2.05. The first-order valence-corrected chi connectivity index (χ1v) is 7.08. The molecule has 23 heavy (non-hydrogen) atoms. The third kappa shape index (κ3) is 5.26. The number of rotatable bonds is 7. The molecule has 0 saturated carbocycles. The normalized spacial score (nSPS) is 11.5. The molecule has 0 atom stereocenters. The van der Waals surface area contributed by atoms with Crippen molar-refractivity contribution < 1.29 is 28.5 Å². The Labute approximate surface area is 139 Å². The Morgan fingerprint density at radius 2 is 1.87 bits per heavy atom. The molecule has 0 saturated heterocycles. The van der Waals surface area contributed by atoms with Crippen molar-refractivity contribution in [1.82, 2.24) is 0 Å². The maximum atomic E-state index is 12.0. The Bertz CT molecular complexity index is 609. The van der Waals surface area contributed by atoms with Crippen LogP contribution in [0.25, 0.3) is 5.57 Å². The predicted octanol–water partition coefficient (Wildman–Crippen LogP) is 2.83. The Kier molecular flexibility index (Phi) is 7.57. The highest BCUT2D eigenvalue weighted by Crippen LogP contribution is 2.30. The minimum absolute atomic E-state index is 0.180. The van der Waals surface area contributed by atoms with Crippen LogP contribution >= 0.6 is 11.6 Å². The highest BCUT2D eigenvalue weighted by molar-refractivity contribution is 6.32. The van der Waals surface area contributed by atoms with Crippen molar-refractivity contribution in [3.05, 3.63) is 34.4 Å². The van der Waals surface area contributed by atoms with Gasteiger partial charge in [0.05, 0.1) is 31.2 Å². The smallest absolute Gasteiger partial charge is 0.334 e. The Morgan fingerprint density at radius 1 is 1.17 bits per heavy atom. The number of halogens is 1. The zero-order valence-electron chi connectivity index (χ0n) is 13.5. The van der Waals surface area contributed by atoms with E-state index in [4.69, 9.17) is 25.8 Å². The van der Waals surface area contributed by atoms with Crippen LogP contribution < -0.4 is 4.74 Å². The number of allylic oxidation sites excluding steroid dienone is 1. The molecular weight excluding hydrogens is 324 g/mol. The maximum absolute atomic E-state index is 12.0. The summed E-state index contributed by atoms with van der Waals surface area (Å²) < 4.78 is 19.3. The van der Waals surface area contributed by atoms with Crippen LogP contribution in [0.1, 0.15) is 18.9 Å². The van der Waals surface area contributed by atoms with Gasteiger partial charge in [0, 0.05) is 7.11 Å². The van der Waals surface area contributed by atoms with Crippen LogP contribution in [0.3, 0.4) is 0 Å². The molecule has 0 fully saturated rings. The lowest BCUT2D eigenvalue weighted by atomic mass is 9.99. The van der Waals surface area contributed by atoms with Gasteiger partial charge in [0.1, 0.15) is 5.75 Å². The third-order valence-corrected chi connectivity index (χ3v) is 3.42. The lowest BCUT2D eigenvalue weighted by molar-refractivity contribution is -0.154. The minimum atomic E-state index is -0.608. The zero-order valence-corrected chi connectivity index (χ0v) is 14.2. The summed E-state index contributed by atoms with van der Waals surface area (Å²) >= 11 is 6.09. The number of methoxy groups -OCH3 is 3. The van der Waals surface area contributed by atoms with Gasteiger partial charge in [0.25, 0.3) is 0 Å². The number of carbonyl (C=O) groups is 2. The summed E-state index contributed by atoms with van der Waals surface area (Å²) in [6.45, 7) is 1.52. The standard InChI is InChI=1S/C16H19ClO6/c1-10(11-5-6-14(21-3)13(17)7-11)12(16(19)22-4)8-15(18)23-9-20-2/h5-7H,8-9H2,1-4H3/b12-10-. The molecule has 0 aliphatic carbocycles. The number of ether oxygens (including phenoxy) is 4. The van der Waals surface area contributed by atoms with Gasteiger partial charge in [-0.2, -0.15) is 0 Å². The Balaban J connectivity index is 3.16. The van der Waals surface area contributed by atoms with Crippen molar-refractivity contribution in [3.63, 3.8) is 0 Å². The molecule has 6 nitrogen and oxygen atoms in total. The van der Waals surface area contributed by atoms with Crippen LogP contribution in [-0.4, -0.2) is 40.1 Å². The summed E-state index contributed by atoms with van der Waals surface area (Å²) in [4.78, 5) is 23.7. The average molecular weight is 343 g/mol. The predicted molar refractivity (Wildman–Crippen MR) is 85.2 cm³/mol. The lowest BCUT2D eigenvalue weighted by Crippen LogP contribution is -2.14. The van der Waals surface area contributed by atoms with E-state index in [9.17, 15) is 9.59 Å². The fourth-order valence-electron chi connectivity index (χ4n) is 1.87. The third-order valence-electron chi connectivity index (χ3n) is 3.13. The molecule has 126 valence electrons. The van der Waals surface area contributed by atoms with Crippen molar-refractivity contribution in [1.29, 1.82) is 0 Å². The van der Waals surface area contributed by atoms with E-state index < -0.39 is 11.9 Å². The van der Waals surface area contributed by atoms with Crippen LogP contribution in [0.2, 0.25) is 5.02 Å². The highest BCUT2D eigenvalue weighted by atomic mass is 35.5. The van der Waals surface area contributed by atoms with E-state index in [-0.39, 0.29) is 18.8 Å². The fourth-order valence-corrected chi connectivity index (χ4v) is 2.13. The molecule has 0 aromatic heterocycles. The topological polar surface area (TPSA) is 71.1 Å². The highest BCUT2D eigenvalue weighted by Gasteiger charge is 2.20. The average Bonchev–Trinajstić information content (AvgIpc) is 2.56. The van der Waals surface area contributed by atoms with Gasteiger partial charge >= 0.3 is 11.9 Å². The summed E-state index contributed by atoms with van der Waals surface area (Å²) in [6, 6.07) is 5.07. The van der Waals surface area contributed by atoms with Gasteiger partial charge in [-0.05, 0) is 30.2 Å². The van der Waals surface area contributed by atoms with Gasteiger partial charge < -0.3 is 18.9 Å². The van der Waals surface area contributed by atoms with Gasteiger partial charge in [0.15, 0.2) is 6.79 Å². The van der Waals surface area contributed by atoms with Crippen molar-refractivity contribution in [2.24, 2.45) is 0 Å². The second kappa shape index (κ2) is 9.17. The quantitative estimate of drug-likeness (QED) is 0.431. The monoisotopic (exact) mass is 342 g/mol. The van der Waals surface area contributed by atoms with E-state index in [1.807, 2.05) is 0 Å². The van der Waals surface area contributed by atoms with Crippen LogP contribution in [0.5, 0.6) is 5.75 Å². The zero-order chi connectivity index (χ0) is 17.4. The molecule has 0 N–H and O–H groups in total. The maximum Gasteiger partial charge on any atom is 0.334 e. The van der Waals surface area contributed by atoms with Crippen LogP contribution in [0, 0.1) is 0 Å². The number of hydrogen-bond donors (Lipinski definition) is 0. The molecule has 7 heteroatoms. The van der Waals surface area contributed by atoms with Crippen molar-refractivity contribution in [3.8, 4) is 5.75 Å². The molecule has 0 unspecified atom stereocenters. The van der Waals surface area contributed by atoms with Crippen molar-refractivity contribution in [2.45, 2.75) is 13.3 Å². The molecule has 1 aromatic carbocycles. The molecule has 0 radical (unpaired) electrons. The molecule has 0 heterocycles. The van der Waals surface area contributed by atoms with Crippen LogP contribution in [0.15, 0.2) is 23.8 Å². The SMILES string of the molecule is COCOC(=O)C/C(C(=O)OC)=C(\C)c1ccc(OC)c(Cl)c1. The summed E-state index contributed by atoms with van der Waals surface area (Å²) in [6.07, 6.45) is -0.231. The molecule has 0 amide bonds. The van der Waals surface area contributed by atoms with Gasteiger partial charge in [-0.25, -0.2) is 4.79 Å². The van der Waals surface area contributed by atoms with E-state index in [1.165, 1.54) is 21.3 Å². The van der Waals surface area contributed by atoms with E-state index in [2.05, 4.69) is 4.74 Å². The molecule has 0 bridgehead atoms. The fraction of sp³-hybridized carbons (Fsp3) is 0.375. The summed E-state index contributed by atoms with van der Waals surface area (Å²) in [5.41, 5.74) is 1.43. The second-order valence-corrected chi connectivity index (χ2v) is 4.95. The summed E-state index contributed by atoms with van der Waals surface area (Å²) in [5.74, 6) is -0.683. The number of carbonyl (C=O) groups excluding carboxylic acids is 2. The van der Waals surface area contributed by atoms with Crippen molar-refractivity contribution in [2.75, 3.05) is 28.1 Å². The van der Waals surface area contributed by atoms with E-state index in [0.717, 1.165) is 0 Å². The van der Waals surface area contributed by atoms with Gasteiger partial charge in [-0.15, -0.1) is 0 Å². The summed E-state index contributed by atoms with van der Waals surface area (Å²) in [5, 5.41) is 0.399. The first-order valence-electron chi connectivity index (χ1n) is 6.71. The van der Waals surface area contributed by atoms with Gasteiger partial charge in [-0.3, -0.25) is 4.79 Å². The molecule has 0 aliphatic rings. The lowest BCUT2D eigenvalue weighted by Gasteiger charge is -2.12. The number of hydrogen-bond acceptors (Lipinski definition) is 6. The van der Waals surface area contributed by atoms with Crippen molar-refractivity contribution >= 4 is 29.1 Å². The largest absolute Gasteiger partial charge is 0.495 e. The number of esters is 2. The van der Waals surface area contributed by atoms with Crippen LogP contribution in [0.4, 0.5) is 0 Å². The molecular formula is C16H19ClO6. The number of benzene rings is 1. The van der Waals surface area contributed by atoms with Gasteiger partial charge in [0.2, 0.25) is 0 Å². The van der Waals surface area contributed by atoms with E-state index in [1.54, 1.807) is 25.1 Å². The van der Waals surface area contributed by atoms with Crippen LogP contribution in [-0.2, 0) is 23.8 Å². The van der Waals surface area contributed by atoms with E-state index in [0.29, 0.717) is 21.9 Å².